The SMILES string of the molecule is COCC(O)CCNS(=O)(=O)c1cccc(Br)c1. The number of hydrogen-bond donors (Lipinski definition) is 2. The molecule has 5 nitrogen and oxygen atoms in total. The largest absolute Gasteiger partial charge is 0.391 e. The number of ether oxygens (including phenoxy) is 1. The van der Waals surface area contributed by atoms with Crippen molar-refractivity contribution in [1.82, 2.24) is 4.72 Å². The standard InChI is InChI=1S/C11H16BrNO4S/c1-17-8-10(14)5-6-13-18(15,16)11-4-2-3-9(12)7-11/h2-4,7,10,13-14H,5-6,8H2,1H3. The van der Waals surface area contributed by atoms with Crippen LogP contribution in [0, 0.1) is 0 Å². The van der Waals surface area contributed by atoms with Crippen LogP contribution < -0.4 is 4.72 Å². The van der Waals surface area contributed by atoms with Crippen molar-refractivity contribution in [3.63, 3.8) is 0 Å². The molecule has 0 saturated carbocycles. The summed E-state index contributed by atoms with van der Waals surface area (Å²) in [5.74, 6) is 0. The van der Waals surface area contributed by atoms with E-state index in [-0.39, 0.29) is 18.0 Å². The number of aliphatic hydroxyl groups is 1. The van der Waals surface area contributed by atoms with Gasteiger partial charge in [-0.3, -0.25) is 0 Å². The second-order valence-corrected chi connectivity index (χ2v) is 6.44. The molecule has 1 atom stereocenters. The highest BCUT2D eigenvalue weighted by Gasteiger charge is 2.14. The number of benzene rings is 1. The minimum Gasteiger partial charge on any atom is -0.391 e. The molecule has 0 aliphatic rings. The Hall–Kier alpha value is -0.470. The van der Waals surface area contributed by atoms with Crippen LogP contribution in [-0.2, 0) is 14.8 Å². The van der Waals surface area contributed by atoms with E-state index in [4.69, 9.17) is 4.74 Å². The summed E-state index contributed by atoms with van der Waals surface area (Å²) in [7, 11) is -2.04. The first-order valence-corrected chi connectivity index (χ1v) is 7.65. The van der Waals surface area contributed by atoms with Gasteiger partial charge in [-0.25, -0.2) is 13.1 Å². The van der Waals surface area contributed by atoms with Crippen LogP contribution in [0.25, 0.3) is 0 Å². The molecule has 18 heavy (non-hydrogen) atoms. The Kier molecular flexibility index (Phi) is 6.24. The summed E-state index contributed by atoms with van der Waals surface area (Å²) in [5, 5.41) is 9.39. The fraction of sp³-hybridized carbons (Fsp3) is 0.455. The van der Waals surface area contributed by atoms with E-state index in [1.807, 2.05) is 0 Å². The van der Waals surface area contributed by atoms with Gasteiger partial charge < -0.3 is 9.84 Å². The molecule has 0 heterocycles. The summed E-state index contributed by atoms with van der Waals surface area (Å²) in [6.45, 7) is 0.359. The molecule has 1 aromatic rings. The molecule has 102 valence electrons. The van der Waals surface area contributed by atoms with Gasteiger partial charge in [0, 0.05) is 18.1 Å². The Morgan fingerprint density at radius 2 is 2.22 bits per heavy atom. The Balaban J connectivity index is 2.55. The summed E-state index contributed by atoms with van der Waals surface area (Å²) in [6, 6.07) is 6.44. The zero-order chi connectivity index (χ0) is 13.6. The fourth-order valence-electron chi connectivity index (χ4n) is 1.35. The van der Waals surface area contributed by atoms with E-state index < -0.39 is 16.1 Å². The maximum Gasteiger partial charge on any atom is 0.240 e. The highest BCUT2D eigenvalue weighted by Crippen LogP contribution is 2.15. The number of rotatable bonds is 7. The van der Waals surface area contributed by atoms with Gasteiger partial charge in [-0.2, -0.15) is 0 Å². The van der Waals surface area contributed by atoms with Crippen LogP contribution in [0.4, 0.5) is 0 Å². The van der Waals surface area contributed by atoms with Crippen molar-refractivity contribution < 1.29 is 18.3 Å². The minimum absolute atomic E-state index is 0.166. The van der Waals surface area contributed by atoms with Gasteiger partial charge in [0.05, 0.1) is 17.6 Å². The van der Waals surface area contributed by atoms with Crippen molar-refractivity contribution in [3.05, 3.63) is 28.7 Å². The number of methoxy groups -OCH3 is 1. The molecule has 0 amide bonds. The van der Waals surface area contributed by atoms with Crippen LogP contribution in [0.2, 0.25) is 0 Å². The van der Waals surface area contributed by atoms with E-state index >= 15 is 0 Å². The molecule has 0 fully saturated rings. The lowest BCUT2D eigenvalue weighted by Crippen LogP contribution is -2.28. The van der Waals surface area contributed by atoms with Crippen molar-refractivity contribution in [2.75, 3.05) is 20.3 Å². The lowest BCUT2D eigenvalue weighted by Gasteiger charge is -2.10. The highest BCUT2D eigenvalue weighted by atomic mass is 79.9. The zero-order valence-electron chi connectivity index (χ0n) is 9.97. The first-order chi connectivity index (χ1) is 8.45. The third-order valence-corrected chi connectivity index (χ3v) is 4.19. The molecule has 0 aliphatic heterocycles. The van der Waals surface area contributed by atoms with Gasteiger partial charge in [0.25, 0.3) is 0 Å². The number of aliphatic hydroxyl groups excluding tert-OH is 1. The van der Waals surface area contributed by atoms with Gasteiger partial charge in [-0.1, -0.05) is 22.0 Å². The molecule has 0 bridgehead atoms. The lowest BCUT2D eigenvalue weighted by atomic mass is 10.3. The van der Waals surface area contributed by atoms with Crippen molar-refractivity contribution >= 4 is 26.0 Å². The van der Waals surface area contributed by atoms with Crippen LogP contribution in [0.1, 0.15) is 6.42 Å². The van der Waals surface area contributed by atoms with Gasteiger partial charge in [-0.15, -0.1) is 0 Å². The van der Waals surface area contributed by atoms with E-state index in [2.05, 4.69) is 20.7 Å². The molecule has 0 aliphatic carbocycles. The second-order valence-electron chi connectivity index (χ2n) is 3.75. The molecule has 1 rings (SSSR count). The monoisotopic (exact) mass is 337 g/mol. The molecule has 0 radical (unpaired) electrons. The average Bonchev–Trinajstić information content (AvgIpc) is 2.29. The van der Waals surface area contributed by atoms with E-state index in [9.17, 15) is 13.5 Å². The summed E-state index contributed by atoms with van der Waals surface area (Å²) in [5.41, 5.74) is 0. The number of halogens is 1. The first kappa shape index (κ1) is 15.6. The van der Waals surface area contributed by atoms with Crippen molar-refractivity contribution in [2.24, 2.45) is 0 Å². The van der Waals surface area contributed by atoms with Crippen molar-refractivity contribution in [3.8, 4) is 0 Å². The Morgan fingerprint density at radius 1 is 1.50 bits per heavy atom. The molecule has 1 unspecified atom stereocenters. The number of hydrogen-bond acceptors (Lipinski definition) is 4. The summed E-state index contributed by atoms with van der Waals surface area (Å²) in [4.78, 5) is 0.193. The van der Waals surface area contributed by atoms with E-state index in [1.165, 1.54) is 19.2 Å². The fourth-order valence-corrected chi connectivity index (χ4v) is 3.00. The minimum atomic E-state index is -3.53. The molecular formula is C11H16BrNO4S. The molecule has 0 saturated heterocycles. The summed E-state index contributed by atoms with van der Waals surface area (Å²) in [6.07, 6.45) is -0.360. The maximum atomic E-state index is 11.9. The Labute approximate surface area is 115 Å². The van der Waals surface area contributed by atoms with Gasteiger partial charge in [-0.05, 0) is 24.6 Å². The first-order valence-electron chi connectivity index (χ1n) is 5.38. The summed E-state index contributed by atoms with van der Waals surface area (Å²) >= 11 is 3.22. The quantitative estimate of drug-likeness (QED) is 0.781. The topological polar surface area (TPSA) is 75.6 Å². The van der Waals surface area contributed by atoms with Crippen LogP contribution in [0.3, 0.4) is 0 Å². The normalized spacial score (nSPS) is 13.5. The van der Waals surface area contributed by atoms with Gasteiger partial charge in [0.2, 0.25) is 10.0 Å². The predicted octanol–water partition coefficient (Wildman–Crippen LogP) is 1.12. The molecule has 1 aromatic carbocycles. The highest BCUT2D eigenvalue weighted by molar-refractivity contribution is 9.10. The molecule has 0 spiro atoms. The smallest absolute Gasteiger partial charge is 0.240 e. The molecular weight excluding hydrogens is 322 g/mol. The Bertz CT molecular complexity index is 478. The Morgan fingerprint density at radius 3 is 2.83 bits per heavy atom. The lowest BCUT2D eigenvalue weighted by molar-refractivity contribution is 0.0603. The summed E-state index contributed by atoms with van der Waals surface area (Å²) < 4.78 is 31.6. The van der Waals surface area contributed by atoms with Crippen molar-refractivity contribution in [1.29, 1.82) is 0 Å². The zero-order valence-corrected chi connectivity index (χ0v) is 12.4. The predicted molar refractivity (Wildman–Crippen MR) is 71.8 cm³/mol. The van der Waals surface area contributed by atoms with Gasteiger partial charge in [0.15, 0.2) is 0 Å². The molecule has 0 aromatic heterocycles. The second kappa shape index (κ2) is 7.20. The maximum absolute atomic E-state index is 11.9. The number of nitrogens with one attached hydrogen (secondary N) is 1. The van der Waals surface area contributed by atoms with Gasteiger partial charge >= 0.3 is 0 Å². The van der Waals surface area contributed by atoms with E-state index in [0.29, 0.717) is 10.9 Å². The van der Waals surface area contributed by atoms with Gasteiger partial charge in [0.1, 0.15) is 0 Å². The number of sulfonamides is 1. The van der Waals surface area contributed by atoms with Crippen LogP contribution >= 0.6 is 15.9 Å². The third kappa shape index (κ3) is 5.03. The molecule has 7 heteroatoms. The van der Waals surface area contributed by atoms with Crippen LogP contribution in [-0.4, -0.2) is 39.9 Å². The molecule has 2 N–H and O–H groups in total. The van der Waals surface area contributed by atoms with Crippen molar-refractivity contribution in [2.45, 2.75) is 17.4 Å². The average molecular weight is 338 g/mol. The van der Waals surface area contributed by atoms with E-state index in [0.717, 1.165) is 0 Å². The van der Waals surface area contributed by atoms with Crippen LogP contribution in [0.5, 0.6) is 0 Å². The van der Waals surface area contributed by atoms with E-state index in [1.54, 1.807) is 12.1 Å². The van der Waals surface area contributed by atoms with Crippen LogP contribution in [0.15, 0.2) is 33.6 Å². The third-order valence-electron chi connectivity index (χ3n) is 2.24.